The maximum absolute atomic E-state index is 11.0. The fourth-order valence-corrected chi connectivity index (χ4v) is 3.13. The molecule has 2 aliphatic rings. The van der Waals surface area contributed by atoms with Gasteiger partial charge in [0.2, 0.25) is 0 Å². The lowest BCUT2D eigenvalue weighted by Crippen LogP contribution is -2.30. The van der Waals surface area contributed by atoms with Crippen LogP contribution < -0.4 is 0 Å². The average Bonchev–Trinajstić information content (AvgIpc) is 2.63. The Bertz CT molecular complexity index is 318. The molecule has 0 aliphatic heterocycles. The van der Waals surface area contributed by atoms with Gasteiger partial charge in [-0.2, -0.15) is 0 Å². The van der Waals surface area contributed by atoms with E-state index in [0.717, 1.165) is 6.42 Å². The van der Waals surface area contributed by atoms with Crippen LogP contribution in [0.4, 0.5) is 0 Å². The first kappa shape index (κ1) is 10.5. The van der Waals surface area contributed by atoms with Crippen LogP contribution >= 0.6 is 0 Å². The van der Waals surface area contributed by atoms with E-state index >= 15 is 0 Å². The summed E-state index contributed by atoms with van der Waals surface area (Å²) in [5.74, 6) is 0.692. The van der Waals surface area contributed by atoms with E-state index in [-0.39, 0.29) is 17.5 Å². The molecule has 0 heterocycles. The maximum atomic E-state index is 11.0. The largest absolute Gasteiger partial charge is 0.458 e. The number of fused-ring (bicyclic) bond motifs is 1. The van der Waals surface area contributed by atoms with E-state index in [1.165, 1.54) is 13.3 Å². The maximum Gasteiger partial charge on any atom is 0.303 e. The van der Waals surface area contributed by atoms with Crippen molar-refractivity contribution in [2.45, 2.75) is 32.8 Å². The zero-order chi connectivity index (χ0) is 11.1. The number of carbonyl (C=O) groups is 1. The van der Waals surface area contributed by atoms with E-state index in [0.29, 0.717) is 11.8 Å². The highest BCUT2D eigenvalue weighted by molar-refractivity contribution is 5.66. The summed E-state index contributed by atoms with van der Waals surface area (Å²) in [5, 5.41) is 0. The van der Waals surface area contributed by atoms with Crippen molar-refractivity contribution in [1.29, 1.82) is 0 Å². The molecule has 0 aromatic heterocycles. The molecule has 1 saturated carbocycles. The predicted octanol–water partition coefficient (Wildman–Crippen LogP) is 2.71. The Labute approximate surface area is 91.0 Å². The van der Waals surface area contributed by atoms with Gasteiger partial charge in [-0.05, 0) is 30.3 Å². The van der Waals surface area contributed by atoms with E-state index in [2.05, 4.69) is 19.6 Å². The van der Waals surface area contributed by atoms with Crippen LogP contribution in [-0.2, 0) is 9.53 Å². The third-order valence-corrected chi connectivity index (χ3v) is 3.86. The molecule has 0 radical (unpaired) electrons. The Balaban J connectivity index is 2.19. The van der Waals surface area contributed by atoms with E-state index in [4.69, 9.17) is 4.74 Å². The molecule has 0 aromatic rings. The Kier molecular flexibility index (Phi) is 2.45. The lowest BCUT2D eigenvalue weighted by Gasteiger charge is -2.29. The standard InChI is InChI=1S/C13H18O2/c1-4-10-5-7-13(3)8-6-11(12(10)13)15-9(2)14/h4,6,8,10-12H,1,5,7H2,2-3H3/t10-,11+,12-,13+/m1/s1. The molecule has 15 heavy (non-hydrogen) atoms. The van der Waals surface area contributed by atoms with Crippen molar-refractivity contribution in [1.82, 2.24) is 0 Å². The molecule has 0 aromatic carbocycles. The Morgan fingerprint density at radius 1 is 1.67 bits per heavy atom. The van der Waals surface area contributed by atoms with Crippen LogP contribution in [0.5, 0.6) is 0 Å². The van der Waals surface area contributed by atoms with Crippen molar-refractivity contribution in [3.05, 3.63) is 24.8 Å². The molecule has 0 spiro atoms. The molecule has 2 aliphatic carbocycles. The fourth-order valence-electron chi connectivity index (χ4n) is 3.13. The third-order valence-electron chi connectivity index (χ3n) is 3.86. The SMILES string of the molecule is C=C[C@@H]1CC[C@@]2(C)C=C[C@H](OC(C)=O)[C@@H]12. The molecule has 82 valence electrons. The first-order chi connectivity index (χ1) is 7.07. The quantitative estimate of drug-likeness (QED) is 0.513. The van der Waals surface area contributed by atoms with Gasteiger partial charge in [-0.15, -0.1) is 6.58 Å². The zero-order valence-electron chi connectivity index (χ0n) is 9.40. The summed E-state index contributed by atoms with van der Waals surface area (Å²) in [6, 6.07) is 0. The van der Waals surface area contributed by atoms with E-state index < -0.39 is 0 Å². The number of rotatable bonds is 2. The lowest BCUT2D eigenvalue weighted by atomic mass is 9.79. The minimum absolute atomic E-state index is 0.0435. The lowest BCUT2D eigenvalue weighted by molar-refractivity contribution is -0.147. The van der Waals surface area contributed by atoms with Gasteiger partial charge in [-0.25, -0.2) is 0 Å². The molecule has 0 amide bonds. The molecule has 2 heteroatoms. The second kappa shape index (κ2) is 3.51. The smallest absolute Gasteiger partial charge is 0.303 e. The van der Waals surface area contributed by atoms with Crippen molar-refractivity contribution >= 4 is 5.97 Å². The summed E-state index contributed by atoms with van der Waals surface area (Å²) in [6.45, 7) is 7.60. The van der Waals surface area contributed by atoms with Crippen LogP contribution in [0.15, 0.2) is 24.8 Å². The van der Waals surface area contributed by atoms with Gasteiger partial charge in [0.05, 0.1) is 0 Å². The van der Waals surface area contributed by atoms with Gasteiger partial charge in [0.25, 0.3) is 0 Å². The van der Waals surface area contributed by atoms with Crippen molar-refractivity contribution in [3.63, 3.8) is 0 Å². The van der Waals surface area contributed by atoms with Gasteiger partial charge in [-0.3, -0.25) is 4.79 Å². The van der Waals surface area contributed by atoms with Crippen molar-refractivity contribution < 1.29 is 9.53 Å². The van der Waals surface area contributed by atoms with E-state index in [1.54, 1.807) is 0 Å². The molecule has 2 rings (SSSR count). The molecular weight excluding hydrogens is 188 g/mol. The summed E-state index contributed by atoms with van der Waals surface area (Å²) >= 11 is 0. The topological polar surface area (TPSA) is 26.3 Å². The highest BCUT2D eigenvalue weighted by Gasteiger charge is 2.50. The highest BCUT2D eigenvalue weighted by atomic mass is 16.5. The van der Waals surface area contributed by atoms with Crippen LogP contribution in [0.3, 0.4) is 0 Å². The Morgan fingerprint density at radius 3 is 3.00 bits per heavy atom. The normalized spacial score (nSPS) is 42.7. The van der Waals surface area contributed by atoms with Crippen LogP contribution in [0, 0.1) is 17.3 Å². The van der Waals surface area contributed by atoms with Gasteiger partial charge in [0.1, 0.15) is 6.10 Å². The molecule has 2 nitrogen and oxygen atoms in total. The monoisotopic (exact) mass is 206 g/mol. The number of carbonyl (C=O) groups excluding carboxylic acids is 1. The van der Waals surface area contributed by atoms with Gasteiger partial charge in [-0.1, -0.05) is 19.1 Å². The van der Waals surface area contributed by atoms with E-state index in [1.807, 2.05) is 12.2 Å². The fraction of sp³-hybridized carbons (Fsp3) is 0.615. The van der Waals surface area contributed by atoms with Crippen molar-refractivity contribution in [3.8, 4) is 0 Å². The summed E-state index contributed by atoms with van der Waals surface area (Å²) in [4.78, 5) is 11.0. The van der Waals surface area contributed by atoms with Gasteiger partial charge >= 0.3 is 5.97 Å². The molecule has 4 atom stereocenters. The van der Waals surface area contributed by atoms with Gasteiger partial charge in [0, 0.05) is 12.8 Å². The molecule has 0 saturated heterocycles. The Hall–Kier alpha value is -1.05. The first-order valence-corrected chi connectivity index (χ1v) is 5.56. The summed E-state index contributed by atoms with van der Waals surface area (Å²) in [5.41, 5.74) is 0.207. The molecule has 0 bridgehead atoms. The van der Waals surface area contributed by atoms with Gasteiger partial charge < -0.3 is 4.74 Å². The van der Waals surface area contributed by atoms with Crippen molar-refractivity contribution in [2.75, 3.05) is 0 Å². The number of allylic oxidation sites excluding steroid dienone is 2. The summed E-state index contributed by atoms with van der Waals surface area (Å²) in [6.07, 6.45) is 8.56. The molecular formula is C13H18O2. The third kappa shape index (κ3) is 1.62. The first-order valence-electron chi connectivity index (χ1n) is 5.56. The summed E-state index contributed by atoms with van der Waals surface area (Å²) in [7, 11) is 0. The average molecular weight is 206 g/mol. The summed E-state index contributed by atoms with van der Waals surface area (Å²) < 4.78 is 5.35. The highest BCUT2D eigenvalue weighted by Crippen LogP contribution is 2.54. The van der Waals surface area contributed by atoms with Crippen LogP contribution in [0.2, 0.25) is 0 Å². The number of hydrogen-bond donors (Lipinski definition) is 0. The van der Waals surface area contributed by atoms with Crippen molar-refractivity contribution in [2.24, 2.45) is 17.3 Å². The predicted molar refractivity (Wildman–Crippen MR) is 59.2 cm³/mol. The van der Waals surface area contributed by atoms with Crippen LogP contribution in [-0.4, -0.2) is 12.1 Å². The number of hydrogen-bond acceptors (Lipinski definition) is 2. The molecule has 1 fully saturated rings. The molecule has 0 N–H and O–H groups in total. The number of ether oxygens (including phenoxy) is 1. The minimum atomic E-state index is -0.191. The molecule has 0 unspecified atom stereocenters. The van der Waals surface area contributed by atoms with Crippen LogP contribution in [0.25, 0.3) is 0 Å². The second-order valence-corrected chi connectivity index (χ2v) is 4.90. The Morgan fingerprint density at radius 2 is 2.40 bits per heavy atom. The van der Waals surface area contributed by atoms with E-state index in [9.17, 15) is 4.79 Å². The van der Waals surface area contributed by atoms with Crippen LogP contribution in [0.1, 0.15) is 26.7 Å². The van der Waals surface area contributed by atoms with Gasteiger partial charge in [0.15, 0.2) is 0 Å². The second-order valence-electron chi connectivity index (χ2n) is 4.90. The zero-order valence-corrected chi connectivity index (χ0v) is 9.40. The minimum Gasteiger partial charge on any atom is -0.458 e. The number of esters is 1.